The Morgan fingerprint density at radius 1 is 1.40 bits per heavy atom. The molecule has 1 saturated heterocycles. The molecule has 1 atom stereocenters. The van der Waals surface area contributed by atoms with Crippen molar-refractivity contribution in [1.82, 2.24) is 25.1 Å². The molecule has 0 spiro atoms. The van der Waals surface area contributed by atoms with Crippen LogP contribution >= 0.6 is 0 Å². The highest BCUT2D eigenvalue weighted by Crippen LogP contribution is 2.27. The van der Waals surface area contributed by atoms with Gasteiger partial charge in [0.25, 0.3) is 5.91 Å². The Balaban J connectivity index is 1.76. The van der Waals surface area contributed by atoms with Crippen molar-refractivity contribution >= 4 is 5.91 Å². The van der Waals surface area contributed by atoms with E-state index >= 15 is 0 Å². The van der Waals surface area contributed by atoms with Crippen molar-refractivity contribution in [2.45, 2.75) is 25.7 Å². The summed E-state index contributed by atoms with van der Waals surface area (Å²) in [5.41, 5.74) is 2.71. The molecule has 104 valence electrons. The first-order chi connectivity index (χ1) is 9.75. The lowest BCUT2D eigenvalue weighted by molar-refractivity contribution is 0.0699. The second-order valence-electron chi connectivity index (χ2n) is 5.15. The Bertz CT molecular complexity index is 595. The van der Waals surface area contributed by atoms with Gasteiger partial charge in [0, 0.05) is 37.1 Å². The maximum Gasteiger partial charge on any atom is 0.274 e. The van der Waals surface area contributed by atoms with Gasteiger partial charge in [-0.3, -0.25) is 14.9 Å². The SMILES string of the molecule is Cc1cn[nH]c1[C@@H]1CCCN(C(=O)c2cnccn2)C1. The Labute approximate surface area is 117 Å². The molecule has 0 saturated carbocycles. The van der Waals surface area contributed by atoms with E-state index in [1.54, 1.807) is 12.4 Å². The monoisotopic (exact) mass is 271 g/mol. The van der Waals surface area contributed by atoms with Gasteiger partial charge in [-0.15, -0.1) is 0 Å². The molecule has 0 aliphatic carbocycles. The quantitative estimate of drug-likeness (QED) is 0.898. The van der Waals surface area contributed by atoms with Crippen LogP contribution in [0.25, 0.3) is 0 Å². The highest BCUT2D eigenvalue weighted by molar-refractivity contribution is 5.92. The molecule has 3 heterocycles. The van der Waals surface area contributed by atoms with Crippen LogP contribution in [-0.4, -0.2) is 44.1 Å². The molecule has 3 rings (SSSR count). The normalized spacial score (nSPS) is 19.1. The predicted octanol–water partition coefficient (Wildman–Crippen LogP) is 1.53. The van der Waals surface area contributed by atoms with Crippen LogP contribution in [0.3, 0.4) is 0 Å². The molecular weight excluding hydrogens is 254 g/mol. The van der Waals surface area contributed by atoms with Crippen molar-refractivity contribution in [2.24, 2.45) is 0 Å². The summed E-state index contributed by atoms with van der Waals surface area (Å²) in [6.45, 7) is 3.53. The van der Waals surface area contributed by atoms with Crippen molar-refractivity contribution in [2.75, 3.05) is 13.1 Å². The van der Waals surface area contributed by atoms with Gasteiger partial charge in [-0.1, -0.05) is 0 Å². The van der Waals surface area contributed by atoms with Gasteiger partial charge in [0.15, 0.2) is 0 Å². The molecule has 1 aliphatic heterocycles. The molecule has 1 fully saturated rings. The second-order valence-corrected chi connectivity index (χ2v) is 5.15. The fourth-order valence-corrected chi connectivity index (χ4v) is 2.74. The zero-order valence-corrected chi connectivity index (χ0v) is 11.4. The standard InChI is InChI=1S/C14H17N5O/c1-10-7-17-18-13(10)11-3-2-6-19(9-11)14(20)12-8-15-4-5-16-12/h4-5,7-8,11H,2-3,6,9H2,1H3,(H,17,18)/t11-/m1/s1. The number of aryl methyl sites for hydroxylation is 1. The van der Waals surface area contributed by atoms with Gasteiger partial charge < -0.3 is 4.90 Å². The van der Waals surface area contributed by atoms with Crippen LogP contribution in [0.5, 0.6) is 0 Å². The number of nitrogens with zero attached hydrogens (tertiary/aromatic N) is 4. The Morgan fingerprint density at radius 2 is 2.30 bits per heavy atom. The van der Waals surface area contributed by atoms with E-state index in [1.165, 1.54) is 6.20 Å². The first-order valence-corrected chi connectivity index (χ1v) is 6.81. The lowest BCUT2D eigenvalue weighted by Gasteiger charge is -2.32. The molecule has 20 heavy (non-hydrogen) atoms. The largest absolute Gasteiger partial charge is 0.337 e. The number of aromatic nitrogens is 4. The molecule has 2 aromatic rings. The number of carbonyl (C=O) groups excluding carboxylic acids is 1. The predicted molar refractivity (Wildman–Crippen MR) is 73.2 cm³/mol. The summed E-state index contributed by atoms with van der Waals surface area (Å²) in [5, 5.41) is 7.13. The van der Waals surface area contributed by atoms with E-state index < -0.39 is 0 Å². The van der Waals surface area contributed by atoms with E-state index in [1.807, 2.05) is 18.0 Å². The summed E-state index contributed by atoms with van der Waals surface area (Å²) < 4.78 is 0. The molecule has 1 aliphatic rings. The van der Waals surface area contributed by atoms with E-state index in [4.69, 9.17) is 0 Å². The zero-order valence-electron chi connectivity index (χ0n) is 11.4. The summed E-state index contributed by atoms with van der Waals surface area (Å²) in [6.07, 6.45) is 8.55. The summed E-state index contributed by atoms with van der Waals surface area (Å²) >= 11 is 0. The number of aromatic amines is 1. The van der Waals surface area contributed by atoms with Crippen molar-refractivity contribution in [3.05, 3.63) is 41.7 Å². The number of amides is 1. The maximum atomic E-state index is 12.4. The van der Waals surface area contributed by atoms with Crippen LogP contribution in [0.15, 0.2) is 24.8 Å². The van der Waals surface area contributed by atoms with Gasteiger partial charge in [-0.05, 0) is 25.3 Å². The third-order valence-corrected chi connectivity index (χ3v) is 3.77. The highest BCUT2D eigenvalue weighted by Gasteiger charge is 2.27. The Kier molecular flexibility index (Phi) is 3.45. The van der Waals surface area contributed by atoms with Crippen molar-refractivity contribution < 1.29 is 4.79 Å². The fourth-order valence-electron chi connectivity index (χ4n) is 2.74. The number of H-pyrrole nitrogens is 1. The minimum atomic E-state index is -0.0417. The van der Waals surface area contributed by atoms with E-state index in [-0.39, 0.29) is 5.91 Å². The minimum absolute atomic E-state index is 0.0417. The third-order valence-electron chi connectivity index (χ3n) is 3.77. The van der Waals surface area contributed by atoms with Gasteiger partial charge in [-0.2, -0.15) is 5.10 Å². The summed E-state index contributed by atoms with van der Waals surface area (Å²) in [4.78, 5) is 22.3. The smallest absolute Gasteiger partial charge is 0.274 e. The minimum Gasteiger partial charge on any atom is -0.337 e. The first kappa shape index (κ1) is 12.8. The third kappa shape index (κ3) is 2.41. The van der Waals surface area contributed by atoms with Crippen LogP contribution in [-0.2, 0) is 0 Å². The van der Waals surface area contributed by atoms with Crippen molar-refractivity contribution in [3.8, 4) is 0 Å². The molecule has 0 unspecified atom stereocenters. The first-order valence-electron chi connectivity index (χ1n) is 6.81. The Morgan fingerprint density at radius 3 is 3.00 bits per heavy atom. The Hall–Kier alpha value is -2.24. The number of carbonyl (C=O) groups is 1. The van der Waals surface area contributed by atoms with Gasteiger partial charge in [0.05, 0.1) is 12.4 Å². The molecule has 2 aromatic heterocycles. The van der Waals surface area contributed by atoms with Gasteiger partial charge in [-0.25, -0.2) is 4.98 Å². The number of likely N-dealkylation sites (tertiary alicyclic amines) is 1. The maximum absolute atomic E-state index is 12.4. The summed E-state index contributed by atoms with van der Waals surface area (Å²) in [6, 6.07) is 0. The summed E-state index contributed by atoms with van der Waals surface area (Å²) in [7, 11) is 0. The molecule has 6 heteroatoms. The number of hydrogen-bond donors (Lipinski definition) is 1. The van der Waals surface area contributed by atoms with Crippen molar-refractivity contribution in [3.63, 3.8) is 0 Å². The highest BCUT2D eigenvalue weighted by atomic mass is 16.2. The average Bonchev–Trinajstić information content (AvgIpc) is 2.94. The molecule has 0 bridgehead atoms. The fraction of sp³-hybridized carbons (Fsp3) is 0.429. The zero-order chi connectivity index (χ0) is 13.9. The summed E-state index contributed by atoms with van der Waals surface area (Å²) in [5.74, 6) is 0.284. The number of nitrogens with one attached hydrogen (secondary N) is 1. The van der Waals surface area contributed by atoms with E-state index in [0.29, 0.717) is 18.2 Å². The number of hydrogen-bond acceptors (Lipinski definition) is 4. The average molecular weight is 271 g/mol. The van der Waals surface area contributed by atoms with Crippen LogP contribution in [0.4, 0.5) is 0 Å². The van der Waals surface area contributed by atoms with Gasteiger partial charge in [0.1, 0.15) is 5.69 Å². The van der Waals surface area contributed by atoms with E-state index in [2.05, 4.69) is 20.2 Å². The van der Waals surface area contributed by atoms with Crippen LogP contribution in [0.1, 0.15) is 40.5 Å². The van der Waals surface area contributed by atoms with Crippen LogP contribution in [0.2, 0.25) is 0 Å². The molecule has 0 aromatic carbocycles. The van der Waals surface area contributed by atoms with Crippen LogP contribution < -0.4 is 0 Å². The van der Waals surface area contributed by atoms with Crippen LogP contribution in [0, 0.1) is 6.92 Å². The molecule has 6 nitrogen and oxygen atoms in total. The molecular formula is C14H17N5O. The van der Waals surface area contributed by atoms with E-state index in [9.17, 15) is 4.79 Å². The second kappa shape index (κ2) is 5.40. The number of piperidine rings is 1. The van der Waals surface area contributed by atoms with E-state index in [0.717, 1.165) is 30.6 Å². The van der Waals surface area contributed by atoms with Crippen molar-refractivity contribution in [1.29, 1.82) is 0 Å². The van der Waals surface area contributed by atoms with Gasteiger partial charge >= 0.3 is 0 Å². The number of rotatable bonds is 2. The lowest BCUT2D eigenvalue weighted by atomic mass is 9.93. The lowest BCUT2D eigenvalue weighted by Crippen LogP contribution is -2.39. The molecule has 0 radical (unpaired) electrons. The molecule has 1 N–H and O–H groups in total. The topological polar surface area (TPSA) is 74.8 Å². The molecule has 1 amide bonds. The van der Waals surface area contributed by atoms with Gasteiger partial charge in [0.2, 0.25) is 0 Å².